The molecule has 0 bridgehead atoms. The fraction of sp³-hybridized carbons (Fsp3) is 0.136. The quantitative estimate of drug-likeness (QED) is 0.599. The highest BCUT2D eigenvalue weighted by molar-refractivity contribution is 7.16. The van der Waals surface area contributed by atoms with E-state index in [-0.39, 0.29) is 23.4 Å². The van der Waals surface area contributed by atoms with Gasteiger partial charge in [-0.05, 0) is 55.8 Å². The summed E-state index contributed by atoms with van der Waals surface area (Å²) in [5.74, 6) is -1.13. The number of nitrogens with zero attached hydrogens (tertiary/aromatic N) is 1. The van der Waals surface area contributed by atoms with Gasteiger partial charge in [-0.1, -0.05) is 29.8 Å². The van der Waals surface area contributed by atoms with Crippen molar-refractivity contribution in [3.8, 4) is 0 Å². The summed E-state index contributed by atoms with van der Waals surface area (Å²) in [5.41, 5.74) is 2.23. The largest absolute Gasteiger partial charge is 0.345 e. The molecule has 1 aliphatic heterocycles. The van der Waals surface area contributed by atoms with Crippen molar-refractivity contribution in [2.45, 2.75) is 19.9 Å². The smallest absolute Gasteiger partial charge is 0.266 e. The summed E-state index contributed by atoms with van der Waals surface area (Å²) < 4.78 is 0.652. The number of hydrogen-bond acceptors (Lipinski definition) is 4. The number of carbonyl (C=O) groups excluding carboxylic acids is 3. The second kappa shape index (κ2) is 7.46. The highest BCUT2D eigenvalue weighted by Gasteiger charge is 2.37. The van der Waals surface area contributed by atoms with Gasteiger partial charge in [-0.15, -0.1) is 11.3 Å². The first-order chi connectivity index (χ1) is 13.9. The molecule has 3 amide bonds. The van der Waals surface area contributed by atoms with Crippen molar-refractivity contribution in [3.63, 3.8) is 0 Å². The summed E-state index contributed by atoms with van der Waals surface area (Å²) in [6.07, 6.45) is 0. The second-order valence-corrected chi connectivity index (χ2v) is 8.58. The molecule has 0 radical (unpaired) electrons. The molecular formula is C22H17ClN2O3S. The molecule has 29 heavy (non-hydrogen) atoms. The van der Waals surface area contributed by atoms with Crippen LogP contribution in [-0.2, 0) is 0 Å². The van der Waals surface area contributed by atoms with Gasteiger partial charge in [0.25, 0.3) is 17.7 Å². The minimum Gasteiger partial charge on any atom is -0.345 e. The first-order valence-electron chi connectivity index (χ1n) is 9.01. The third-order valence-electron chi connectivity index (χ3n) is 4.87. The van der Waals surface area contributed by atoms with E-state index in [1.165, 1.54) is 23.5 Å². The normalized spacial score (nSPS) is 14.1. The Balaban J connectivity index is 1.60. The summed E-state index contributed by atoms with van der Waals surface area (Å²) in [6.45, 7) is 3.71. The molecule has 2 heterocycles. The van der Waals surface area contributed by atoms with Gasteiger partial charge in [0.15, 0.2) is 0 Å². The Morgan fingerprint density at radius 2 is 1.76 bits per heavy atom. The van der Waals surface area contributed by atoms with Gasteiger partial charge >= 0.3 is 0 Å². The molecule has 5 nitrogen and oxygen atoms in total. The molecule has 7 heteroatoms. The van der Waals surface area contributed by atoms with Crippen LogP contribution in [0.1, 0.15) is 54.5 Å². The third-order valence-corrected chi connectivity index (χ3v) is 6.29. The number of imide groups is 1. The lowest BCUT2D eigenvalue weighted by Gasteiger charge is -2.16. The first-order valence-corrected chi connectivity index (χ1v) is 10.2. The molecule has 0 saturated heterocycles. The number of halogens is 1. The predicted octanol–water partition coefficient (Wildman–Crippen LogP) is 5.00. The van der Waals surface area contributed by atoms with Crippen LogP contribution in [0.4, 0.5) is 5.69 Å². The van der Waals surface area contributed by atoms with Gasteiger partial charge < -0.3 is 5.32 Å². The summed E-state index contributed by atoms with van der Waals surface area (Å²) >= 11 is 7.36. The number of nitrogens with one attached hydrogen (secondary N) is 1. The maximum atomic E-state index is 12.9. The fourth-order valence-electron chi connectivity index (χ4n) is 3.33. The Kier molecular flexibility index (Phi) is 4.98. The summed E-state index contributed by atoms with van der Waals surface area (Å²) in [6, 6.07) is 15.2. The van der Waals surface area contributed by atoms with Crippen LogP contribution in [0.3, 0.4) is 0 Å². The number of hydrogen-bond donors (Lipinski definition) is 1. The molecular weight excluding hydrogens is 408 g/mol. The van der Waals surface area contributed by atoms with Crippen LogP contribution in [0, 0.1) is 6.92 Å². The number of fused-ring (bicyclic) bond motifs is 1. The molecule has 1 aromatic heterocycles. The monoisotopic (exact) mass is 424 g/mol. The number of carbonyl (C=O) groups is 3. The molecule has 2 aromatic carbocycles. The van der Waals surface area contributed by atoms with E-state index < -0.39 is 5.91 Å². The molecule has 1 unspecified atom stereocenters. The van der Waals surface area contributed by atoms with Gasteiger partial charge in [-0.2, -0.15) is 0 Å². The molecule has 1 aliphatic rings. The highest BCUT2D eigenvalue weighted by atomic mass is 35.5. The average Bonchev–Trinajstić information content (AvgIpc) is 3.24. The van der Waals surface area contributed by atoms with Crippen LogP contribution in [0.5, 0.6) is 0 Å². The van der Waals surface area contributed by atoms with Crippen molar-refractivity contribution < 1.29 is 14.4 Å². The molecule has 4 rings (SSSR count). The first kappa shape index (κ1) is 19.4. The number of anilines is 1. The lowest BCUT2D eigenvalue weighted by Crippen LogP contribution is -2.30. The summed E-state index contributed by atoms with van der Waals surface area (Å²) in [5, 5.41) is 2.90. The maximum absolute atomic E-state index is 12.9. The minimum absolute atomic E-state index is 0.228. The van der Waals surface area contributed by atoms with Crippen LogP contribution < -0.4 is 10.2 Å². The Labute approximate surface area is 176 Å². The summed E-state index contributed by atoms with van der Waals surface area (Å²) in [7, 11) is 0. The highest BCUT2D eigenvalue weighted by Crippen LogP contribution is 2.31. The van der Waals surface area contributed by atoms with Crippen molar-refractivity contribution in [3.05, 3.63) is 86.1 Å². The minimum atomic E-state index is -0.424. The van der Waals surface area contributed by atoms with Crippen LogP contribution in [0.25, 0.3) is 0 Å². The molecule has 0 fully saturated rings. The van der Waals surface area contributed by atoms with Crippen LogP contribution >= 0.6 is 22.9 Å². The lowest BCUT2D eigenvalue weighted by molar-refractivity contribution is 0.0921. The van der Waals surface area contributed by atoms with Gasteiger partial charge in [0.2, 0.25) is 0 Å². The van der Waals surface area contributed by atoms with Crippen molar-refractivity contribution in [1.29, 1.82) is 0 Å². The Hall–Kier alpha value is -2.96. The molecule has 0 spiro atoms. The van der Waals surface area contributed by atoms with E-state index in [9.17, 15) is 14.4 Å². The maximum Gasteiger partial charge on any atom is 0.266 e. The average molecular weight is 425 g/mol. The third kappa shape index (κ3) is 3.45. The zero-order valence-corrected chi connectivity index (χ0v) is 17.3. The van der Waals surface area contributed by atoms with Crippen molar-refractivity contribution in [1.82, 2.24) is 5.32 Å². The number of para-hydroxylation sites is 1. The summed E-state index contributed by atoms with van der Waals surface area (Å²) in [4.78, 5) is 40.5. The van der Waals surface area contributed by atoms with Gasteiger partial charge in [-0.3, -0.25) is 14.4 Å². The van der Waals surface area contributed by atoms with E-state index in [1.807, 2.05) is 32.0 Å². The lowest BCUT2D eigenvalue weighted by atomic mass is 10.0. The van der Waals surface area contributed by atoms with Gasteiger partial charge in [-0.25, -0.2) is 4.90 Å². The van der Waals surface area contributed by atoms with E-state index in [0.717, 1.165) is 15.3 Å². The van der Waals surface area contributed by atoms with E-state index in [1.54, 1.807) is 24.3 Å². The Morgan fingerprint density at radius 3 is 2.45 bits per heavy atom. The Morgan fingerprint density at radius 1 is 1.03 bits per heavy atom. The van der Waals surface area contributed by atoms with Crippen molar-refractivity contribution in [2.75, 3.05) is 4.90 Å². The molecule has 146 valence electrons. The Bertz CT molecular complexity index is 1150. The fourth-order valence-corrected chi connectivity index (χ4v) is 4.39. The number of thiophene rings is 1. The number of rotatable bonds is 4. The second-order valence-electron chi connectivity index (χ2n) is 6.83. The number of benzene rings is 2. The van der Waals surface area contributed by atoms with Crippen LogP contribution in [0.15, 0.2) is 54.6 Å². The molecule has 3 aromatic rings. The van der Waals surface area contributed by atoms with E-state index in [0.29, 0.717) is 21.2 Å². The topological polar surface area (TPSA) is 66.5 Å². The van der Waals surface area contributed by atoms with E-state index in [2.05, 4.69) is 5.32 Å². The van der Waals surface area contributed by atoms with Crippen molar-refractivity contribution in [2.24, 2.45) is 0 Å². The zero-order chi connectivity index (χ0) is 20.7. The van der Waals surface area contributed by atoms with Crippen LogP contribution in [-0.4, -0.2) is 17.7 Å². The molecule has 0 aliphatic carbocycles. The predicted molar refractivity (Wildman–Crippen MR) is 114 cm³/mol. The molecule has 1 N–H and O–H groups in total. The van der Waals surface area contributed by atoms with Crippen LogP contribution in [0.2, 0.25) is 4.34 Å². The van der Waals surface area contributed by atoms with Gasteiger partial charge in [0.1, 0.15) is 0 Å². The molecule has 0 saturated carbocycles. The SMILES string of the molecule is Cc1ccccc1N1C(=O)c2ccc(C(=O)NC(C)c3ccc(Cl)s3)cc2C1=O. The molecule has 1 atom stereocenters. The zero-order valence-electron chi connectivity index (χ0n) is 15.7. The number of amides is 3. The van der Waals surface area contributed by atoms with Crippen molar-refractivity contribution >= 4 is 46.3 Å². The van der Waals surface area contributed by atoms with E-state index in [4.69, 9.17) is 11.6 Å². The van der Waals surface area contributed by atoms with Gasteiger partial charge in [0, 0.05) is 10.4 Å². The number of aryl methyl sites for hydroxylation is 1. The standard InChI is InChI=1S/C22H17ClN2O3S/c1-12-5-3-4-6-17(12)25-21(27)15-8-7-14(11-16(15)22(25)28)20(26)24-13(2)18-9-10-19(23)29-18/h3-11,13H,1-2H3,(H,24,26). The van der Waals surface area contributed by atoms with E-state index >= 15 is 0 Å². The van der Waals surface area contributed by atoms with Gasteiger partial charge in [0.05, 0.1) is 27.2 Å².